The maximum absolute atomic E-state index is 12.3. The lowest BCUT2D eigenvalue weighted by molar-refractivity contribution is -0.130. The molecule has 0 fully saturated rings. The molecule has 0 aliphatic carbocycles. The zero-order chi connectivity index (χ0) is 19.6. The van der Waals surface area contributed by atoms with Crippen molar-refractivity contribution >= 4 is 17.2 Å². The van der Waals surface area contributed by atoms with Crippen LogP contribution in [0.4, 0.5) is 0 Å². The highest BCUT2D eigenvalue weighted by atomic mass is 32.1. The number of carbonyl (C=O) groups is 1. The van der Waals surface area contributed by atoms with Gasteiger partial charge in [-0.2, -0.15) is 0 Å². The highest BCUT2D eigenvalue weighted by molar-refractivity contribution is 7.10. The average molecular weight is 388 g/mol. The Morgan fingerprint density at radius 3 is 2.70 bits per heavy atom. The molecule has 0 saturated heterocycles. The predicted molar refractivity (Wildman–Crippen MR) is 115 cm³/mol. The summed E-state index contributed by atoms with van der Waals surface area (Å²) in [4.78, 5) is 15.4. The average Bonchev–Trinajstić information content (AvgIpc) is 3.11. The van der Waals surface area contributed by atoms with Gasteiger partial charge in [0.15, 0.2) is 0 Å². The largest absolute Gasteiger partial charge is 0.493 e. The minimum Gasteiger partial charge on any atom is -0.493 e. The van der Waals surface area contributed by atoms with Gasteiger partial charge in [0.2, 0.25) is 5.91 Å². The molecular formula is C23H33NO2S. The molecule has 2 aromatic rings. The Morgan fingerprint density at radius 2 is 1.96 bits per heavy atom. The number of amides is 1. The van der Waals surface area contributed by atoms with Crippen LogP contribution in [-0.2, 0) is 11.3 Å². The van der Waals surface area contributed by atoms with Crippen molar-refractivity contribution in [1.82, 2.24) is 4.90 Å². The first kappa shape index (κ1) is 21.5. The Kier molecular flexibility index (Phi) is 8.86. The van der Waals surface area contributed by atoms with Gasteiger partial charge in [0.25, 0.3) is 0 Å². The number of carbonyl (C=O) groups excluding carboxylic acids is 1. The molecule has 1 heterocycles. The first-order valence-corrected chi connectivity index (χ1v) is 10.9. The summed E-state index contributed by atoms with van der Waals surface area (Å²) in [5, 5.41) is 2.16. The van der Waals surface area contributed by atoms with Crippen molar-refractivity contribution in [3.8, 4) is 16.9 Å². The number of hydrogen-bond acceptors (Lipinski definition) is 3. The Labute approximate surface area is 168 Å². The maximum Gasteiger partial charge on any atom is 0.222 e. The third-order valence-corrected chi connectivity index (χ3v) is 5.41. The first-order chi connectivity index (χ1) is 13.0. The second-order valence-corrected chi connectivity index (χ2v) is 8.56. The molecule has 0 aliphatic heterocycles. The summed E-state index contributed by atoms with van der Waals surface area (Å²) in [5.41, 5.74) is 2.28. The van der Waals surface area contributed by atoms with Crippen LogP contribution in [-0.4, -0.2) is 24.5 Å². The van der Waals surface area contributed by atoms with E-state index >= 15 is 0 Å². The SMILES string of the molecule is CCCCCCC(=O)N(C)Cc1cc(-c2ccccc2OCC(C)C)cs1. The molecule has 27 heavy (non-hydrogen) atoms. The quantitative estimate of drug-likeness (QED) is 0.419. The van der Waals surface area contributed by atoms with Crippen molar-refractivity contribution in [2.75, 3.05) is 13.7 Å². The zero-order valence-electron chi connectivity index (χ0n) is 17.2. The number of para-hydroxylation sites is 1. The van der Waals surface area contributed by atoms with Crippen LogP contribution >= 0.6 is 11.3 Å². The van der Waals surface area contributed by atoms with Crippen LogP contribution in [0.15, 0.2) is 35.7 Å². The highest BCUT2D eigenvalue weighted by Crippen LogP contribution is 2.33. The fourth-order valence-electron chi connectivity index (χ4n) is 2.91. The van der Waals surface area contributed by atoms with Gasteiger partial charge in [-0.3, -0.25) is 4.79 Å². The predicted octanol–water partition coefficient (Wildman–Crippen LogP) is 6.38. The van der Waals surface area contributed by atoms with Gasteiger partial charge in [0.05, 0.1) is 13.2 Å². The monoisotopic (exact) mass is 387 g/mol. The maximum atomic E-state index is 12.3. The molecule has 0 unspecified atom stereocenters. The standard InChI is InChI=1S/C23H33NO2S/c1-5-6-7-8-13-23(25)24(4)15-20-14-19(17-27-20)21-11-9-10-12-22(21)26-16-18(2)3/h9-12,14,17-18H,5-8,13,15-16H2,1-4H3. The number of ether oxygens (including phenoxy) is 1. The lowest BCUT2D eigenvalue weighted by Gasteiger charge is -2.16. The summed E-state index contributed by atoms with van der Waals surface area (Å²) in [6.07, 6.45) is 5.20. The lowest BCUT2D eigenvalue weighted by Crippen LogP contribution is -2.25. The summed E-state index contributed by atoms with van der Waals surface area (Å²) < 4.78 is 5.99. The number of rotatable bonds is 11. The molecule has 1 amide bonds. The van der Waals surface area contributed by atoms with Crippen LogP contribution < -0.4 is 4.74 Å². The van der Waals surface area contributed by atoms with Crippen LogP contribution in [0.2, 0.25) is 0 Å². The van der Waals surface area contributed by atoms with Gasteiger partial charge < -0.3 is 9.64 Å². The van der Waals surface area contributed by atoms with E-state index in [1.807, 2.05) is 30.1 Å². The van der Waals surface area contributed by atoms with Gasteiger partial charge in [-0.1, -0.05) is 58.2 Å². The number of benzene rings is 1. The Morgan fingerprint density at radius 1 is 1.19 bits per heavy atom. The number of unbranched alkanes of at least 4 members (excludes halogenated alkanes) is 3. The van der Waals surface area contributed by atoms with Gasteiger partial charge in [0, 0.05) is 23.9 Å². The molecule has 3 nitrogen and oxygen atoms in total. The Hall–Kier alpha value is -1.81. The van der Waals surface area contributed by atoms with E-state index in [1.165, 1.54) is 17.7 Å². The lowest BCUT2D eigenvalue weighted by atomic mass is 10.1. The molecule has 1 aromatic heterocycles. The summed E-state index contributed by atoms with van der Waals surface area (Å²) in [7, 11) is 1.90. The normalized spacial score (nSPS) is 11.0. The second-order valence-electron chi connectivity index (χ2n) is 7.56. The molecule has 0 spiro atoms. The van der Waals surface area contributed by atoms with E-state index < -0.39 is 0 Å². The topological polar surface area (TPSA) is 29.5 Å². The molecule has 0 bridgehead atoms. The Balaban J connectivity index is 1.97. The van der Waals surface area contributed by atoms with Crippen LogP contribution in [0.25, 0.3) is 11.1 Å². The summed E-state index contributed by atoms with van der Waals surface area (Å²) in [5.74, 6) is 1.66. The molecule has 0 radical (unpaired) electrons. The van der Waals surface area contributed by atoms with E-state index in [9.17, 15) is 4.79 Å². The molecule has 4 heteroatoms. The van der Waals surface area contributed by atoms with Crippen molar-refractivity contribution in [2.45, 2.75) is 59.4 Å². The summed E-state index contributed by atoms with van der Waals surface area (Å²) >= 11 is 1.71. The third kappa shape index (κ3) is 7.02. The Bertz CT molecular complexity index is 708. The van der Waals surface area contributed by atoms with E-state index in [4.69, 9.17) is 4.74 Å². The molecule has 0 N–H and O–H groups in total. The third-order valence-electron chi connectivity index (χ3n) is 4.49. The fraction of sp³-hybridized carbons (Fsp3) is 0.522. The van der Waals surface area contributed by atoms with Crippen molar-refractivity contribution in [2.24, 2.45) is 5.92 Å². The molecule has 0 saturated carbocycles. The minimum absolute atomic E-state index is 0.238. The highest BCUT2D eigenvalue weighted by Gasteiger charge is 2.13. The molecular weight excluding hydrogens is 354 g/mol. The van der Waals surface area contributed by atoms with Gasteiger partial charge in [-0.15, -0.1) is 11.3 Å². The molecule has 2 rings (SSSR count). The smallest absolute Gasteiger partial charge is 0.222 e. The van der Waals surface area contributed by atoms with E-state index in [1.54, 1.807) is 11.3 Å². The van der Waals surface area contributed by atoms with Gasteiger partial charge in [-0.25, -0.2) is 0 Å². The van der Waals surface area contributed by atoms with E-state index in [0.29, 0.717) is 25.5 Å². The number of thiophene rings is 1. The van der Waals surface area contributed by atoms with Crippen LogP contribution in [0.3, 0.4) is 0 Å². The van der Waals surface area contributed by atoms with Gasteiger partial charge in [-0.05, 0) is 35.4 Å². The van der Waals surface area contributed by atoms with Crippen molar-refractivity contribution in [3.05, 3.63) is 40.6 Å². The van der Waals surface area contributed by atoms with Gasteiger partial charge >= 0.3 is 0 Å². The van der Waals surface area contributed by atoms with Crippen LogP contribution in [0.1, 0.15) is 57.8 Å². The van der Waals surface area contributed by atoms with Crippen LogP contribution in [0.5, 0.6) is 5.75 Å². The number of nitrogens with zero attached hydrogens (tertiary/aromatic N) is 1. The summed E-state index contributed by atoms with van der Waals surface area (Å²) in [6, 6.07) is 10.4. The van der Waals surface area contributed by atoms with Crippen LogP contribution in [0, 0.1) is 5.92 Å². The van der Waals surface area contributed by atoms with Crippen molar-refractivity contribution in [3.63, 3.8) is 0 Å². The minimum atomic E-state index is 0.238. The summed E-state index contributed by atoms with van der Waals surface area (Å²) in [6.45, 7) is 7.88. The molecule has 0 aliphatic rings. The molecule has 1 aromatic carbocycles. The molecule has 148 valence electrons. The van der Waals surface area contributed by atoms with Crippen molar-refractivity contribution < 1.29 is 9.53 Å². The fourth-order valence-corrected chi connectivity index (χ4v) is 3.84. The molecule has 0 atom stereocenters. The van der Waals surface area contributed by atoms with E-state index in [2.05, 4.69) is 38.3 Å². The van der Waals surface area contributed by atoms with E-state index in [-0.39, 0.29) is 5.91 Å². The van der Waals surface area contributed by atoms with Gasteiger partial charge in [0.1, 0.15) is 5.75 Å². The van der Waals surface area contributed by atoms with E-state index in [0.717, 1.165) is 29.7 Å². The zero-order valence-corrected chi connectivity index (χ0v) is 18.0. The number of hydrogen-bond donors (Lipinski definition) is 0. The van der Waals surface area contributed by atoms with Crippen molar-refractivity contribution in [1.29, 1.82) is 0 Å². The first-order valence-electron chi connectivity index (χ1n) is 10.0. The second kappa shape index (κ2) is 11.1.